The standard InChI is InChI=1S/C27H28N2O3/c30-26(21-32-25-14-8-3-9-15-25)28-18-16-23(17-19-28)27(31)29(24-12-6-2-7-13-24)20-22-10-4-1-5-11-22/h1-15,23H,16-21H2. The van der Waals surface area contributed by atoms with E-state index in [1.54, 1.807) is 4.90 Å². The van der Waals surface area contributed by atoms with Gasteiger partial charge in [-0.15, -0.1) is 0 Å². The van der Waals surface area contributed by atoms with Gasteiger partial charge in [0, 0.05) is 24.7 Å². The molecule has 2 amide bonds. The van der Waals surface area contributed by atoms with Crippen molar-refractivity contribution in [2.75, 3.05) is 24.6 Å². The minimum absolute atomic E-state index is 0.0206. The molecule has 3 aromatic rings. The highest BCUT2D eigenvalue weighted by Gasteiger charge is 2.31. The molecule has 1 saturated heterocycles. The lowest BCUT2D eigenvalue weighted by Gasteiger charge is -2.34. The molecular weight excluding hydrogens is 400 g/mol. The lowest BCUT2D eigenvalue weighted by molar-refractivity contribution is -0.136. The summed E-state index contributed by atoms with van der Waals surface area (Å²) in [5.74, 6) is 0.667. The summed E-state index contributed by atoms with van der Waals surface area (Å²) < 4.78 is 5.59. The molecule has 0 N–H and O–H groups in total. The van der Waals surface area contributed by atoms with Gasteiger partial charge >= 0.3 is 0 Å². The van der Waals surface area contributed by atoms with Crippen molar-refractivity contribution in [3.05, 3.63) is 96.6 Å². The number of amides is 2. The highest BCUT2D eigenvalue weighted by atomic mass is 16.5. The average Bonchev–Trinajstić information content (AvgIpc) is 2.87. The molecule has 0 spiro atoms. The predicted molar refractivity (Wildman–Crippen MR) is 125 cm³/mol. The quantitative estimate of drug-likeness (QED) is 0.555. The summed E-state index contributed by atoms with van der Waals surface area (Å²) in [5, 5.41) is 0. The van der Waals surface area contributed by atoms with E-state index >= 15 is 0 Å². The third-order valence-electron chi connectivity index (χ3n) is 5.82. The van der Waals surface area contributed by atoms with E-state index in [9.17, 15) is 9.59 Å². The topological polar surface area (TPSA) is 49.9 Å². The van der Waals surface area contributed by atoms with E-state index in [2.05, 4.69) is 0 Å². The van der Waals surface area contributed by atoms with Crippen LogP contribution in [0.1, 0.15) is 18.4 Å². The monoisotopic (exact) mass is 428 g/mol. The van der Waals surface area contributed by atoms with Crippen LogP contribution in [0.25, 0.3) is 0 Å². The number of para-hydroxylation sites is 2. The summed E-state index contributed by atoms with van der Waals surface area (Å²) in [6.45, 7) is 1.70. The van der Waals surface area contributed by atoms with Crippen LogP contribution in [0, 0.1) is 5.92 Å². The van der Waals surface area contributed by atoms with E-state index in [0.29, 0.717) is 38.2 Å². The molecule has 0 aliphatic carbocycles. The minimum atomic E-state index is -0.0991. The number of hydrogen-bond donors (Lipinski definition) is 0. The fraction of sp³-hybridized carbons (Fsp3) is 0.259. The molecule has 0 bridgehead atoms. The SMILES string of the molecule is O=C(COc1ccccc1)N1CCC(C(=O)N(Cc2ccccc2)c2ccccc2)CC1. The highest BCUT2D eigenvalue weighted by Crippen LogP contribution is 2.25. The van der Waals surface area contributed by atoms with Gasteiger partial charge in [0.2, 0.25) is 5.91 Å². The highest BCUT2D eigenvalue weighted by molar-refractivity contribution is 5.95. The fourth-order valence-electron chi connectivity index (χ4n) is 4.02. The first kappa shape index (κ1) is 21.6. The van der Waals surface area contributed by atoms with E-state index in [4.69, 9.17) is 4.74 Å². The molecule has 0 radical (unpaired) electrons. The summed E-state index contributed by atoms with van der Waals surface area (Å²) in [5.41, 5.74) is 1.99. The van der Waals surface area contributed by atoms with Crippen LogP contribution in [0.3, 0.4) is 0 Å². The largest absolute Gasteiger partial charge is 0.484 e. The minimum Gasteiger partial charge on any atom is -0.484 e. The second-order valence-corrected chi connectivity index (χ2v) is 8.00. The van der Waals surface area contributed by atoms with E-state index in [0.717, 1.165) is 11.3 Å². The summed E-state index contributed by atoms with van der Waals surface area (Å²) in [6.07, 6.45) is 1.32. The Morgan fingerprint density at radius 1 is 0.812 bits per heavy atom. The van der Waals surface area contributed by atoms with Crippen molar-refractivity contribution >= 4 is 17.5 Å². The van der Waals surface area contributed by atoms with Gasteiger partial charge in [0.25, 0.3) is 5.91 Å². The number of carbonyl (C=O) groups is 2. The summed E-state index contributed by atoms with van der Waals surface area (Å²) in [6, 6.07) is 29.2. The van der Waals surface area contributed by atoms with Crippen LogP contribution >= 0.6 is 0 Å². The zero-order chi connectivity index (χ0) is 22.2. The molecular formula is C27H28N2O3. The van der Waals surface area contributed by atoms with Crippen molar-refractivity contribution in [3.63, 3.8) is 0 Å². The molecule has 3 aromatic carbocycles. The van der Waals surface area contributed by atoms with Crippen LogP contribution in [0.15, 0.2) is 91.0 Å². The maximum absolute atomic E-state index is 13.5. The Labute approximate surface area is 189 Å². The van der Waals surface area contributed by atoms with Gasteiger partial charge < -0.3 is 14.5 Å². The Morgan fingerprint density at radius 2 is 1.38 bits per heavy atom. The smallest absolute Gasteiger partial charge is 0.260 e. The molecule has 0 atom stereocenters. The van der Waals surface area contributed by atoms with Crippen LogP contribution in [-0.2, 0) is 16.1 Å². The first-order chi connectivity index (χ1) is 15.7. The van der Waals surface area contributed by atoms with Crippen molar-refractivity contribution in [3.8, 4) is 5.75 Å². The molecule has 4 rings (SSSR count). The van der Waals surface area contributed by atoms with E-state index in [-0.39, 0.29) is 24.3 Å². The fourth-order valence-corrected chi connectivity index (χ4v) is 4.02. The number of rotatable bonds is 7. The number of piperidine rings is 1. The van der Waals surface area contributed by atoms with E-state index < -0.39 is 0 Å². The third kappa shape index (κ3) is 5.55. The van der Waals surface area contributed by atoms with Crippen molar-refractivity contribution < 1.29 is 14.3 Å². The van der Waals surface area contributed by atoms with Crippen LogP contribution in [0.5, 0.6) is 5.75 Å². The van der Waals surface area contributed by atoms with Crippen LogP contribution in [0.2, 0.25) is 0 Å². The van der Waals surface area contributed by atoms with Crippen molar-refractivity contribution in [2.45, 2.75) is 19.4 Å². The first-order valence-electron chi connectivity index (χ1n) is 11.1. The number of carbonyl (C=O) groups excluding carboxylic acids is 2. The van der Waals surface area contributed by atoms with Gasteiger partial charge in [-0.05, 0) is 42.7 Å². The lowest BCUT2D eigenvalue weighted by atomic mass is 9.94. The molecule has 1 aliphatic rings. The number of benzene rings is 3. The van der Waals surface area contributed by atoms with Gasteiger partial charge in [-0.2, -0.15) is 0 Å². The zero-order valence-corrected chi connectivity index (χ0v) is 18.1. The molecule has 32 heavy (non-hydrogen) atoms. The Hall–Kier alpha value is -3.60. The molecule has 164 valence electrons. The Morgan fingerprint density at radius 3 is 2.00 bits per heavy atom. The number of nitrogens with zero attached hydrogens (tertiary/aromatic N) is 2. The molecule has 0 saturated carbocycles. The zero-order valence-electron chi connectivity index (χ0n) is 18.1. The number of likely N-dealkylation sites (tertiary alicyclic amines) is 1. The summed E-state index contributed by atoms with van der Waals surface area (Å²) in [4.78, 5) is 29.7. The summed E-state index contributed by atoms with van der Waals surface area (Å²) >= 11 is 0. The van der Waals surface area contributed by atoms with Gasteiger partial charge in [0.05, 0.1) is 6.54 Å². The molecule has 5 heteroatoms. The average molecular weight is 429 g/mol. The Balaban J connectivity index is 1.36. The van der Waals surface area contributed by atoms with Crippen molar-refractivity contribution in [2.24, 2.45) is 5.92 Å². The molecule has 5 nitrogen and oxygen atoms in total. The normalized spacial score (nSPS) is 14.1. The summed E-state index contributed by atoms with van der Waals surface area (Å²) in [7, 11) is 0. The van der Waals surface area contributed by atoms with Crippen LogP contribution in [-0.4, -0.2) is 36.4 Å². The maximum Gasteiger partial charge on any atom is 0.260 e. The predicted octanol–water partition coefficient (Wildman–Crippen LogP) is 4.54. The molecule has 1 aliphatic heterocycles. The number of anilines is 1. The second-order valence-electron chi connectivity index (χ2n) is 8.00. The Bertz CT molecular complexity index is 1000. The van der Waals surface area contributed by atoms with Gasteiger partial charge in [-0.1, -0.05) is 66.7 Å². The van der Waals surface area contributed by atoms with Gasteiger partial charge in [0.1, 0.15) is 5.75 Å². The van der Waals surface area contributed by atoms with E-state index in [1.807, 2.05) is 95.9 Å². The molecule has 1 fully saturated rings. The molecule has 0 unspecified atom stereocenters. The maximum atomic E-state index is 13.5. The first-order valence-corrected chi connectivity index (χ1v) is 11.1. The Kier molecular flexibility index (Phi) is 7.18. The van der Waals surface area contributed by atoms with Gasteiger partial charge in [-0.25, -0.2) is 0 Å². The second kappa shape index (κ2) is 10.6. The van der Waals surface area contributed by atoms with Gasteiger partial charge in [-0.3, -0.25) is 9.59 Å². The third-order valence-corrected chi connectivity index (χ3v) is 5.82. The van der Waals surface area contributed by atoms with Crippen LogP contribution in [0.4, 0.5) is 5.69 Å². The number of ether oxygens (including phenoxy) is 1. The van der Waals surface area contributed by atoms with E-state index in [1.165, 1.54) is 0 Å². The molecule has 1 heterocycles. The number of hydrogen-bond acceptors (Lipinski definition) is 3. The molecule has 0 aromatic heterocycles. The lowest BCUT2D eigenvalue weighted by Crippen LogP contribution is -2.45. The van der Waals surface area contributed by atoms with Crippen LogP contribution < -0.4 is 9.64 Å². The van der Waals surface area contributed by atoms with Crippen molar-refractivity contribution in [1.82, 2.24) is 4.90 Å². The van der Waals surface area contributed by atoms with Gasteiger partial charge in [0.15, 0.2) is 6.61 Å². The van der Waals surface area contributed by atoms with Crippen molar-refractivity contribution in [1.29, 1.82) is 0 Å².